The van der Waals surface area contributed by atoms with E-state index in [1.807, 2.05) is 11.4 Å². The van der Waals surface area contributed by atoms with E-state index in [4.69, 9.17) is 4.74 Å². The maximum Gasteiger partial charge on any atom is 0.308 e. The van der Waals surface area contributed by atoms with Crippen LogP contribution in [-0.4, -0.2) is 17.8 Å². The number of hydrogen-bond donors (Lipinski definition) is 2. The lowest BCUT2D eigenvalue weighted by molar-refractivity contribution is -0.131. The monoisotopic (exact) mass is 380 g/mol. The van der Waals surface area contributed by atoms with Crippen molar-refractivity contribution in [2.45, 2.75) is 6.92 Å². The molecule has 0 bridgehead atoms. The van der Waals surface area contributed by atoms with Crippen molar-refractivity contribution in [1.82, 2.24) is 0 Å². The Labute approximate surface area is 159 Å². The Balaban J connectivity index is 1.64. The van der Waals surface area contributed by atoms with Crippen molar-refractivity contribution in [3.63, 3.8) is 0 Å². The molecule has 2 amide bonds. The van der Waals surface area contributed by atoms with E-state index in [1.165, 1.54) is 18.3 Å². The molecular formula is C20H16N2O4S. The van der Waals surface area contributed by atoms with Gasteiger partial charge in [-0.25, -0.2) is 0 Å². The molecule has 3 aromatic rings. The average Bonchev–Trinajstić information content (AvgIpc) is 3.17. The topological polar surface area (TPSA) is 84.5 Å². The maximum atomic E-state index is 12.4. The Morgan fingerprint density at radius 2 is 1.59 bits per heavy atom. The molecule has 0 spiro atoms. The predicted molar refractivity (Wildman–Crippen MR) is 104 cm³/mol. The number of amides is 2. The van der Waals surface area contributed by atoms with Crippen molar-refractivity contribution >= 4 is 40.5 Å². The Kier molecular flexibility index (Phi) is 5.63. The number of ether oxygens (including phenoxy) is 1. The molecule has 0 unspecified atom stereocenters. The van der Waals surface area contributed by atoms with E-state index < -0.39 is 5.97 Å². The highest BCUT2D eigenvalue weighted by Gasteiger charge is 2.10. The normalized spacial score (nSPS) is 10.1. The fourth-order valence-corrected chi connectivity index (χ4v) is 2.93. The molecule has 3 rings (SSSR count). The summed E-state index contributed by atoms with van der Waals surface area (Å²) in [5.41, 5.74) is 1.54. The number of carbonyl (C=O) groups is 3. The van der Waals surface area contributed by atoms with Crippen LogP contribution in [0.25, 0.3) is 0 Å². The first-order valence-corrected chi connectivity index (χ1v) is 8.94. The Bertz CT molecular complexity index is 966. The summed E-state index contributed by atoms with van der Waals surface area (Å²) in [6.45, 7) is 1.31. The van der Waals surface area contributed by atoms with Crippen LogP contribution in [0.2, 0.25) is 0 Å². The number of carbonyl (C=O) groups excluding carboxylic acids is 3. The highest BCUT2D eigenvalue weighted by Crippen LogP contribution is 2.19. The molecule has 0 radical (unpaired) electrons. The summed E-state index contributed by atoms with van der Waals surface area (Å²) in [6.07, 6.45) is 0. The summed E-state index contributed by atoms with van der Waals surface area (Å²) in [6, 6.07) is 16.7. The zero-order valence-electron chi connectivity index (χ0n) is 14.4. The van der Waals surface area contributed by atoms with Gasteiger partial charge in [0.15, 0.2) is 0 Å². The molecular weight excluding hydrogens is 364 g/mol. The van der Waals surface area contributed by atoms with E-state index in [0.29, 0.717) is 27.6 Å². The fraction of sp³-hybridized carbons (Fsp3) is 0.0500. The zero-order chi connectivity index (χ0) is 19.2. The number of benzene rings is 2. The molecule has 0 fully saturated rings. The van der Waals surface area contributed by atoms with Crippen molar-refractivity contribution in [2.24, 2.45) is 0 Å². The lowest BCUT2D eigenvalue weighted by atomic mass is 10.2. The first kappa shape index (κ1) is 18.3. The van der Waals surface area contributed by atoms with Gasteiger partial charge in [0.05, 0.1) is 4.88 Å². The highest BCUT2D eigenvalue weighted by atomic mass is 32.1. The largest absolute Gasteiger partial charge is 0.427 e. The van der Waals surface area contributed by atoms with E-state index >= 15 is 0 Å². The van der Waals surface area contributed by atoms with Crippen molar-refractivity contribution in [1.29, 1.82) is 0 Å². The number of nitrogens with one attached hydrogen (secondary N) is 2. The molecule has 27 heavy (non-hydrogen) atoms. The van der Waals surface area contributed by atoms with Crippen LogP contribution in [0.4, 0.5) is 11.4 Å². The van der Waals surface area contributed by atoms with Gasteiger partial charge in [-0.1, -0.05) is 12.1 Å². The third-order valence-corrected chi connectivity index (χ3v) is 4.37. The molecule has 0 aliphatic rings. The fourth-order valence-electron chi connectivity index (χ4n) is 2.31. The summed E-state index contributed by atoms with van der Waals surface area (Å²) < 4.78 is 5.00. The standard InChI is InChI=1S/C20H16N2O4S/c1-13(23)26-17-5-2-4-16(12-17)22-19(24)14-7-9-15(10-8-14)21-20(25)18-6-3-11-27-18/h2-12H,1H3,(H,21,25)(H,22,24). The lowest BCUT2D eigenvalue weighted by Crippen LogP contribution is -2.13. The third kappa shape index (κ3) is 5.02. The molecule has 0 aliphatic carbocycles. The summed E-state index contributed by atoms with van der Waals surface area (Å²) in [7, 11) is 0. The molecule has 1 heterocycles. The number of anilines is 2. The molecule has 1 aromatic heterocycles. The predicted octanol–water partition coefficient (Wildman–Crippen LogP) is 4.18. The van der Waals surface area contributed by atoms with Gasteiger partial charge in [-0.05, 0) is 47.8 Å². The van der Waals surface area contributed by atoms with E-state index in [1.54, 1.807) is 54.6 Å². The molecule has 0 atom stereocenters. The third-order valence-electron chi connectivity index (χ3n) is 3.50. The molecule has 0 aliphatic heterocycles. The molecule has 7 heteroatoms. The second-order valence-electron chi connectivity index (χ2n) is 5.58. The Hall–Kier alpha value is -3.45. The second-order valence-corrected chi connectivity index (χ2v) is 6.53. The van der Waals surface area contributed by atoms with Crippen LogP contribution in [0.5, 0.6) is 5.75 Å². The van der Waals surface area contributed by atoms with Gasteiger partial charge in [0, 0.05) is 29.9 Å². The number of rotatable bonds is 5. The molecule has 0 saturated carbocycles. The van der Waals surface area contributed by atoms with Crippen LogP contribution in [0.1, 0.15) is 27.0 Å². The smallest absolute Gasteiger partial charge is 0.308 e. The van der Waals surface area contributed by atoms with Gasteiger partial charge in [-0.2, -0.15) is 0 Å². The molecule has 0 saturated heterocycles. The summed E-state index contributed by atoms with van der Waals surface area (Å²) in [5.74, 6) is -0.582. The average molecular weight is 380 g/mol. The van der Waals surface area contributed by atoms with Gasteiger partial charge in [0.2, 0.25) is 0 Å². The van der Waals surface area contributed by atoms with Gasteiger partial charge < -0.3 is 15.4 Å². The van der Waals surface area contributed by atoms with Gasteiger partial charge in [0.25, 0.3) is 11.8 Å². The number of hydrogen-bond acceptors (Lipinski definition) is 5. The summed E-state index contributed by atoms with van der Waals surface area (Å²) >= 11 is 1.36. The minimum atomic E-state index is -0.432. The minimum absolute atomic E-state index is 0.190. The van der Waals surface area contributed by atoms with E-state index in [0.717, 1.165) is 0 Å². The van der Waals surface area contributed by atoms with Crippen LogP contribution in [-0.2, 0) is 4.79 Å². The molecule has 136 valence electrons. The van der Waals surface area contributed by atoms with Gasteiger partial charge >= 0.3 is 5.97 Å². The van der Waals surface area contributed by atoms with E-state index in [9.17, 15) is 14.4 Å². The first-order chi connectivity index (χ1) is 13.0. The van der Waals surface area contributed by atoms with Crippen LogP contribution in [0.3, 0.4) is 0 Å². The van der Waals surface area contributed by atoms with Crippen LogP contribution in [0, 0.1) is 0 Å². The molecule has 6 nitrogen and oxygen atoms in total. The van der Waals surface area contributed by atoms with Crippen molar-refractivity contribution in [3.8, 4) is 5.75 Å². The van der Waals surface area contributed by atoms with E-state index in [2.05, 4.69) is 10.6 Å². The number of esters is 1. The Morgan fingerprint density at radius 3 is 2.26 bits per heavy atom. The zero-order valence-corrected chi connectivity index (χ0v) is 15.2. The lowest BCUT2D eigenvalue weighted by Gasteiger charge is -2.08. The maximum absolute atomic E-state index is 12.4. The van der Waals surface area contributed by atoms with Gasteiger partial charge in [0.1, 0.15) is 5.75 Å². The first-order valence-electron chi connectivity index (χ1n) is 8.06. The van der Waals surface area contributed by atoms with Crippen LogP contribution < -0.4 is 15.4 Å². The van der Waals surface area contributed by atoms with Gasteiger partial charge in [-0.3, -0.25) is 14.4 Å². The van der Waals surface area contributed by atoms with Crippen molar-refractivity contribution < 1.29 is 19.1 Å². The summed E-state index contributed by atoms with van der Waals surface area (Å²) in [5, 5.41) is 7.35. The van der Waals surface area contributed by atoms with Crippen LogP contribution >= 0.6 is 11.3 Å². The van der Waals surface area contributed by atoms with E-state index in [-0.39, 0.29) is 11.8 Å². The SMILES string of the molecule is CC(=O)Oc1cccc(NC(=O)c2ccc(NC(=O)c3cccs3)cc2)c1. The molecule has 2 N–H and O–H groups in total. The van der Waals surface area contributed by atoms with Crippen molar-refractivity contribution in [2.75, 3.05) is 10.6 Å². The Morgan fingerprint density at radius 1 is 0.852 bits per heavy atom. The van der Waals surface area contributed by atoms with Gasteiger partial charge in [-0.15, -0.1) is 11.3 Å². The van der Waals surface area contributed by atoms with Crippen LogP contribution in [0.15, 0.2) is 66.0 Å². The number of thiophene rings is 1. The summed E-state index contributed by atoms with van der Waals surface area (Å²) in [4.78, 5) is 36.0. The van der Waals surface area contributed by atoms with Crippen molar-refractivity contribution in [3.05, 3.63) is 76.5 Å². The minimum Gasteiger partial charge on any atom is -0.427 e. The highest BCUT2D eigenvalue weighted by molar-refractivity contribution is 7.12. The quantitative estimate of drug-likeness (QED) is 0.514. The second kappa shape index (κ2) is 8.29. The molecule has 2 aromatic carbocycles.